The van der Waals surface area contributed by atoms with E-state index in [1.807, 2.05) is 32.5 Å². The molecule has 92 valence electrons. The molecule has 4 nitrogen and oxygen atoms in total. The predicted octanol–water partition coefficient (Wildman–Crippen LogP) is 2.22. The van der Waals surface area contributed by atoms with Gasteiger partial charge in [0.05, 0.1) is 0 Å². The summed E-state index contributed by atoms with van der Waals surface area (Å²) in [6, 6.07) is 0.855. The molecule has 0 radical (unpaired) electrons. The van der Waals surface area contributed by atoms with Gasteiger partial charge in [0, 0.05) is 12.1 Å². The Morgan fingerprint density at radius 3 is 2.25 bits per heavy atom. The van der Waals surface area contributed by atoms with Crippen LogP contribution in [0.25, 0.3) is 0 Å². The minimum atomic E-state index is -0.371. The Balaban J connectivity index is 0.000000606. The van der Waals surface area contributed by atoms with Crippen molar-refractivity contribution in [3.05, 3.63) is 0 Å². The molecule has 0 aromatic rings. The third kappa shape index (κ3) is 2.74. The largest absolute Gasteiger partial charge is 0.444 e. The van der Waals surface area contributed by atoms with Gasteiger partial charge in [0.15, 0.2) is 0 Å². The quantitative estimate of drug-likeness (QED) is 0.637. The maximum absolute atomic E-state index is 11.8. The predicted molar refractivity (Wildman–Crippen MR) is 61.2 cm³/mol. The first-order chi connectivity index (χ1) is 7.38. The molecule has 0 aromatic heterocycles. The molecule has 16 heavy (non-hydrogen) atoms. The molecule has 1 heterocycles. The summed E-state index contributed by atoms with van der Waals surface area (Å²) in [4.78, 5) is 21.7. The average Bonchev–Trinajstić information content (AvgIpc) is 2.78. The highest BCUT2D eigenvalue weighted by molar-refractivity contribution is 5.70. The van der Waals surface area contributed by atoms with Gasteiger partial charge >= 0.3 is 6.09 Å². The molecule has 1 amide bonds. The number of hydrogen-bond acceptors (Lipinski definition) is 3. The van der Waals surface area contributed by atoms with Crippen LogP contribution in [-0.4, -0.2) is 35.5 Å². The van der Waals surface area contributed by atoms with Crippen LogP contribution in [0.1, 0.15) is 40.5 Å². The highest BCUT2D eigenvalue weighted by Crippen LogP contribution is 2.48. The smallest absolute Gasteiger partial charge is 0.410 e. The second-order valence-corrected chi connectivity index (χ2v) is 5.54. The van der Waals surface area contributed by atoms with Crippen molar-refractivity contribution in [1.29, 1.82) is 0 Å². The first-order valence-corrected chi connectivity index (χ1v) is 5.68. The van der Waals surface area contributed by atoms with Crippen molar-refractivity contribution >= 4 is 12.9 Å². The van der Waals surface area contributed by atoms with Crippen LogP contribution in [0, 0.1) is 5.92 Å². The van der Waals surface area contributed by atoms with Gasteiger partial charge in [0.25, 0.3) is 0 Å². The molecular weight excluding hydrogens is 206 g/mol. The first-order valence-electron chi connectivity index (χ1n) is 5.68. The monoisotopic (exact) mass is 227 g/mol. The Bertz CT molecular complexity index is 270. The number of piperidine rings is 1. The van der Waals surface area contributed by atoms with E-state index in [1.165, 1.54) is 6.42 Å². The topological polar surface area (TPSA) is 46.6 Å². The molecule has 3 unspecified atom stereocenters. The molecule has 1 saturated carbocycles. The Kier molecular flexibility index (Phi) is 3.61. The summed E-state index contributed by atoms with van der Waals surface area (Å²) in [5.74, 6) is 0.762. The number of likely N-dealkylation sites (tertiary alicyclic amines) is 1. The lowest BCUT2D eigenvalue weighted by Crippen LogP contribution is -2.40. The summed E-state index contributed by atoms with van der Waals surface area (Å²) >= 11 is 0. The van der Waals surface area contributed by atoms with Crippen LogP contribution in [0.4, 0.5) is 4.79 Å². The fraction of sp³-hybridized carbons (Fsp3) is 0.833. The number of carbonyl (C=O) groups is 2. The van der Waals surface area contributed by atoms with Crippen molar-refractivity contribution in [3.8, 4) is 0 Å². The lowest BCUT2D eigenvalue weighted by atomic mass is 10.2. The maximum atomic E-state index is 11.8. The fourth-order valence-electron chi connectivity index (χ4n) is 2.33. The maximum Gasteiger partial charge on any atom is 0.410 e. The lowest BCUT2D eigenvalue weighted by Gasteiger charge is -2.28. The Labute approximate surface area is 96.9 Å². The molecule has 1 aliphatic heterocycles. The number of nitrogens with zero attached hydrogens (tertiary/aromatic N) is 1. The molecule has 2 aliphatic rings. The molecule has 0 aromatic carbocycles. The highest BCUT2D eigenvalue weighted by Gasteiger charge is 2.53. The van der Waals surface area contributed by atoms with Crippen molar-refractivity contribution in [2.75, 3.05) is 0 Å². The van der Waals surface area contributed by atoms with E-state index in [1.54, 1.807) is 0 Å². The van der Waals surface area contributed by atoms with Gasteiger partial charge in [-0.15, -0.1) is 0 Å². The standard InChI is InChI=1S/C11H19NO2.CH2O/c1-7-5-8-6-9(8)12(7)10(13)14-11(2,3)4;1-2/h7-9H,5-6H2,1-4H3;1H2. The molecule has 0 bridgehead atoms. The molecule has 2 fully saturated rings. The van der Waals surface area contributed by atoms with Gasteiger partial charge < -0.3 is 14.4 Å². The SMILES string of the molecule is C=O.CC1CC2CC2N1C(=O)OC(C)(C)C. The first kappa shape index (κ1) is 13.0. The van der Waals surface area contributed by atoms with Gasteiger partial charge in [0.2, 0.25) is 0 Å². The van der Waals surface area contributed by atoms with Crippen molar-refractivity contribution in [2.45, 2.75) is 58.2 Å². The minimum absolute atomic E-state index is 0.130. The average molecular weight is 227 g/mol. The van der Waals surface area contributed by atoms with Crippen molar-refractivity contribution in [1.82, 2.24) is 4.90 Å². The van der Waals surface area contributed by atoms with E-state index in [2.05, 4.69) is 6.92 Å². The van der Waals surface area contributed by atoms with Gasteiger partial charge in [-0.25, -0.2) is 4.79 Å². The molecular formula is C12H21NO3. The van der Waals surface area contributed by atoms with Crippen LogP contribution >= 0.6 is 0 Å². The summed E-state index contributed by atoms with van der Waals surface area (Å²) in [5, 5.41) is 0. The van der Waals surface area contributed by atoms with Crippen LogP contribution in [0.15, 0.2) is 0 Å². The van der Waals surface area contributed by atoms with E-state index in [9.17, 15) is 4.79 Å². The lowest BCUT2D eigenvalue weighted by molar-refractivity contribution is -0.0980. The number of hydrogen-bond donors (Lipinski definition) is 0. The number of fused-ring (bicyclic) bond motifs is 1. The Morgan fingerprint density at radius 2 is 1.88 bits per heavy atom. The van der Waals surface area contributed by atoms with Gasteiger partial charge in [-0.2, -0.15) is 0 Å². The molecule has 0 N–H and O–H groups in total. The van der Waals surface area contributed by atoms with Crippen LogP contribution in [0.3, 0.4) is 0 Å². The fourth-order valence-corrected chi connectivity index (χ4v) is 2.33. The van der Waals surface area contributed by atoms with Crippen molar-refractivity contribution in [3.63, 3.8) is 0 Å². The normalized spacial score (nSPS) is 31.2. The zero-order chi connectivity index (χ0) is 12.5. The van der Waals surface area contributed by atoms with Crippen LogP contribution in [0.2, 0.25) is 0 Å². The van der Waals surface area contributed by atoms with E-state index in [4.69, 9.17) is 9.53 Å². The molecule has 2 rings (SSSR count). The van der Waals surface area contributed by atoms with Gasteiger partial charge in [-0.1, -0.05) is 0 Å². The van der Waals surface area contributed by atoms with Crippen LogP contribution in [-0.2, 0) is 9.53 Å². The molecule has 0 spiro atoms. The minimum Gasteiger partial charge on any atom is -0.444 e. The van der Waals surface area contributed by atoms with Crippen molar-refractivity contribution in [2.24, 2.45) is 5.92 Å². The zero-order valence-corrected chi connectivity index (χ0v) is 10.5. The van der Waals surface area contributed by atoms with Crippen molar-refractivity contribution < 1.29 is 14.3 Å². The second-order valence-electron chi connectivity index (χ2n) is 5.54. The zero-order valence-electron chi connectivity index (χ0n) is 10.5. The number of ether oxygens (including phenoxy) is 1. The number of amides is 1. The van der Waals surface area contributed by atoms with E-state index in [0.717, 1.165) is 12.3 Å². The molecule has 3 atom stereocenters. The summed E-state index contributed by atoms with van der Waals surface area (Å²) in [7, 11) is 0. The van der Waals surface area contributed by atoms with E-state index in [-0.39, 0.29) is 11.7 Å². The third-order valence-corrected chi connectivity index (χ3v) is 2.97. The van der Waals surface area contributed by atoms with Gasteiger partial charge in [-0.05, 0) is 46.5 Å². The summed E-state index contributed by atoms with van der Waals surface area (Å²) < 4.78 is 5.38. The summed E-state index contributed by atoms with van der Waals surface area (Å²) in [6.45, 7) is 9.85. The summed E-state index contributed by atoms with van der Waals surface area (Å²) in [5.41, 5.74) is -0.371. The van der Waals surface area contributed by atoms with E-state index in [0.29, 0.717) is 12.1 Å². The number of rotatable bonds is 0. The van der Waals surface area contributed by atoms with E-state index >= 15 is 0 Å². The molecule has 4 heteroatoms. The van der Waals surface area contributed by atoms with Gasteiger partial charge in [-0.3, -0.25) is 0 Å². The van der Waals surface area contributed by atoms with Gasteiger partial charge in [0.1, 0.15) is 12.4 Å². The highest BCUT2D eigenvalue weighted by atomic mass is 16.6. The second kappa shape index (κ2) is 4.44. The third-order valence-electron chi connectivity index (χ3n) is 2.97. The van der Waals surface area contributed by atoms with E-state index < -0.39 is 0 Å². The van der Waals surface area contributed by atoms with Crippen LogP contribution < -0.4 is 0 Å². The Hall–Kier alpha value is -1.06. The molecule has 1 saturated heterocycles. The molecule has 1 aliphatic carbocycles. The Morgan fingerprint density at radius 1 is 1.31 bits per heavy atom. The summed E-state index contributed by atoms with van der Waals surface area (Å²) in [6.07, 6.45) is 2.21. The number of carbonyl (C=O) groups excluding carboxylic acids is 2. The van der Waals surface area contributed by atoms with Crippen LogP contribution in [0.5, 0.6) is 0 Å².